The number of carbonyl (C=O) groups excluding carboxylic acids is 1. The molecule has 3 nitrogen and oxygen atoms in total. The van der Waals surface area contributed by atoms with Crippen molar-refractivity contribution < 1.29 is 13.9 Å². The molecule has 0 aromatic heterocycles. The van der Waals surface area contributed by atoms with E-state index in [4.69, 9.17) is 4.74 Å². The smallest absolute Gasteiger partial charge is 0.224 e. The van der Waals surface area contributed by atoms with E-state index in [1.54, 1.807) is 13.1 Å². The third-order valence-electron chi connectivity index (χ3n) is 4.73. The highest BCUT2D eigenvalue weighted by Gasteiger charge is 2.27. The second kappa shape index (κ2) is 7.68. The summed E-state index contributed by atoms with van der Waals surface area (Å²) in [6, 6.07) is 11.1. The van der Waals surface area contributed by atoms with Crippen LogP contribution < -0.4 is 10.1 Å². The van der Waals surface area contributed by atoms with Crippen LogP contribution >= 0.6 is 0 Å². The molecule has 1 fully saturated rings. The van der Waals surface area contributed by atoms with Gasteiger partial charge in [0.2, 0.25) is 5.91 Å². The van der Waals surface area contributed by atoms with Gasteiger partial charge >= 0.3 is 0 Å². The number of nitrogens with one attached hydrogen (secondary N) is 1. The summed E-state index contributed by atoms with van der Waals surface area (Å²) in [4.78, 5) is 11.8. The molecule has 3 rings (SSSR count). The van der Waals surface area contributed by atoms with E-state index in [0.29, 0.717) is 12.3 Å². The zero-order valence-electron chi connectivity index (χ0n) is 14.8. The van der Waals surface area contributed by atoms with E-state index in [0.717, 1.165) is 36.0 Å². The third kappa shape index (κ3) is 4.19. The van der Waals surface area contributed by atoms with Crippen molar-refractivity contribution in [3.8, 4) is 5.75 Å². The fourth-order valence-corrected chi connectivity index (χ4v) is 3.07. The van der Waals surface area contributed by atoms with Crippen LogP contribution in [-0.4, -0.2) is 13.0 Å². The molecule has 0 unspecified atom stereocenters. The molecule has 4 heteroatoms. The van der Waals surface area contributed by atoms with Crippen molar-refractivity contribution in [2.75, 3.05) is 7.05 Å². The number of halogens is 1. The number of likely N-dealkylation sites (N-methyl/N-ethyl adjacent to an activating group) is 1. The number of amides is 1. The fraction of sp³-hybridized carbons (Fsp3) is 0.381. The Kier molecular flexibility index (Phi) is 5.37. The van der Waals surface area contributed by atoms with Crippen LogP contribution in [0.5, 0.6) is 5.75 Å². The predicted molar refractivity (Wildman–Crippen MR) is 96.3 cm³/mol. The van der Waals surface area contributed by atoms with Crippen LogP contribution in [0.3, 0.4) is 0 Å². The normalized spacial score (nSPS) is 13.6. The zero-order chi connectivity index (χ0) is 17.8. The van der Waals surface area contributed by atoms with E-state index in [2.05, 4.69) is 11.4 Å². The molecule has 1 saturated carbocycles. The molecule has 0 radical (unpaired) electrons. The standard InChI is InChI=1S/C21H24FNO2/c1-3-14-7-10-20(19(22)11-14)25-13-18-16(12-21(24)23-2)5-4-6-17(18)15-8-9-15/h4-7,10-11,15H,3,8-9,12-13H2,1-2H3,(H,23,24). The lowest BCUT2D eigenvalue weighted by Crippen LogP contribution is -2.21. The molecule has 1 aliphatic rings. The highest BCUT2D eigenvalue weighted by Crippen LogP contribution is 2.42. The summed E-state index contributed by atoms with van der Waals surface area (Å²) in [6.45, 7) is 2.27. The maximum Gasteiger partial charge on any atom is 0.224 e. The summed E-state index contributed by atoms with van der Waals surface area (Å²) in [6.07, 6.45) is 3.43. The maximum atomic E-state index is 14.2. The van der Waals surface area contributed by atoms with Crippen LogP contribution in [0.1, 0.15) is 47.9 Å². The van der Waals surface area contributed by atoms with Crippen molar-refractivity contribution in [1.29, 1.82) is 0 Å². The maximum absolute atomic E-state index is 14.2. The topological polar surface area (TPSA) is 38.3 Å². The Morgan fingerprint density at radius 1 is 1.28 bits per heavy atom. The number of benzene rings is 2. The van der Waals surface area contributed by atoms with E-state index in [1.807, 2.05) is 25.1 Å². The van der Waals surface area contributed by atoms with Gasteiger partial charge in [0, 0.05) is 7.05 Å². The van der Waals surface area contributed by atoms with E-state index < -0.39 is 0 Å². The first-order valence-electron chi connectivity index (χ1n) is 8.84. The summed E-state index contributed by atoms with van der Waals surface area (Å²) >= 11 is 0. The van der Waals surface area contributed by atoms with Gasteiger partial charge in [0.1, 0.15) is 6.61 Å². The van der Waals surface area contributed by atoms with Gasteiger partial charge in [-0.25, -0.2) is 4.39 Å². The highest BCUT2D eigenvalue weighted by molar-refractivity contribution is 5.78. The minimum Gasteiger partial charge on any atom is -0.486 e. The molecule has 1 amide bonds. The van der Waals surface area contributed by atoms with Crippen LogP contribution in [0.2, 0.25) is 0 Å². The Morgan fingerprint density at radius 2 is 2.08 bits per heavy atom. The van der Waals surface area contributed by atoms with E-state index in [9.17, 15) is 9.18 Å². The highest BCUT2D eigenvalue weighted by atomic mass is 19.1. The minimum absolute atomic E-state index is 0.0346. The van der Waals surface area contributed by atoms with Gasteiger partial charge in [-0.2, -0.15) is 0 Å². The molecule has 0 bridgehead atoms. The molecule has 2 aromatic rings. The molecule has 1 aliphatic carbocycles. The first-order chi connectivity index (χ1) is 12.1. The molecule has 0 saturated heterocycles. The molecule has 132 valence electrons. The van der Waals surface area contributed by atoms with Gasteiger partial charge in [0.25, 0.3) is 0 Å². The molecule has 0 heterocycles. The van der Waals surface area contributed by atoms with E-state index in [1.165, 1.54) is 11.6 Å². The Bertz CT molecular complexity index is 768. The van der Waals surface area contributed by atoms with Crippen LogP contribution in [0.15, 0.2) is 36.4 Å². The van der Waals surface area contributed by atoms with Gasteiger partial charge in [0.15, 0.2) is 11.6 Å². The number of aryl methyl sites for hydroxylation is 1. The molecule has 1 N–H and O–H groups in total. The zero-order valence-corrected chi connectivity index (χ0v) is 14.8. The Morgan fingerprint density at radius 3 is 2.72 bits per heavy atom. The van der Waals surface area contributed by atoms with Gasteiger partial charge in [-0.1, -0.05) is 31.2 Å². The molecule has 2 aromatic carbocycles. The Balaban J connectivity index is 1.84. The summed E-state index contributed by atoms with van der Waals surface area (Å²) in [7, 11) is 1.63. The first-order valence-corrected chi connectivity index (χ1v) is 8.84. The summed E-state index contributed by atoms with van der Waals surface area (Å²) in [5, 5.41) is 2.66. The predicted octanol–water partition coefficient (Wildman–Crippen LogP) is 4.13. The number of rotatable bonds is 7. The minimum atomic E-state index is -0.337. The third-order valence-corrected chi connectivity index (χ3v) is 4.73. The van der Waals surface area contributed by atoms with Crippen molar-refractivity contribution in [1.82, 2.24) is 5.32 Å². The monoisotopic (exact) mass is 341 g/mol. The first kappa shape index (κ1) is 17.5. The average Bonchev–Trinajstić information content (AvgIpc) is 3.46. The van der Waals surface area contributed by atoms with E-state index in [-0.39, 0.29) is 24.1 Å². The van der Waals surface area contributed by atoms with Crippen LogP contribution in [0.25, 0.3) is 0 Å². The summed E-state index contributed by atoms with van der Waals surface area (Å²) < 4.78 is 20.0. The lowest BCUT2D eigenvalue weighted by molar-refractivity contribution is -0.119. The van der Waals surface area contributed by atoms with Gasteiger partial charge < -0.3 is 10.1 Å². The van der Waals surface area contributed by atoms with Crippen molar-refractivity contribution >= 4 is 5.91 Å². The fourth-order valence-electron chi connectivity index (χ4n) is 3.07. The SMILES string of the molecule is CCc1ccc(OCc2c(CC(=O)NC)cccc2C2CC2)c(F)c1. The van der Waals surface area contributed by atoms with Gasteiger partial charge in [-0.3, -0.25) is 4.79 Å². The van der Waals surface area contributed by atoms with Gasteiger partial charge in [-0.15, -0.1) is 0 Å². The molecule has 0 atom stereocenters. The largest absolute Gasteiger partial charge is 0.486 e. The second-order valence-electron chi connectivity index (χ2n) is 6.52. The van der Waals surface area contributed by atoms with Crippen molar-refractivity contribution in [3.05, 3.63) is 64.5 Å². The Hall–Kier alpha value is -2.36. The lowest BCUT2D eigenvalue weighted by atomic mass is 9.96. The average molecular weight is 341 g/mol. The quantitative estimate of drug-likeness (QED) is 0.822. The van der Waals surface area contributed by atoms with Crippen LogP contribution in [0, 0.1) is 5.82 Å². The molecular weight excluding hydrogens is 317 g/mol. The number of ether oxygens (including phenoxy) is 1. The number of hydrogen-bond donors (Lipinski definition) is 1. The number of hydrogen-bond acceptors (Lipinski definition) is 2. The second-order valence-corrected chi connectivity index (χ2v) is 6.52. The summed E-state index contributed by atoms with van der Waals surface area (Å²) in [5.74, 6) is 0.424. The van der Waals surface area contributed by atoms with Gasteiger partial charge in [0.05, 0.1) is 6.42 Å². The van der Waals surface area contributed by atoms with Gasteiger partial charge in [-0.05, 0) is 59.6 Å². The van der Waals surface area contributed by atoms with Crippen LogP contribution in [0.4, 0.5) is 4.39 Å². The molecule has 25 heavy (non-hydrogen) atoms. The molecule has 0 aliphatic heterocycles. The molecular formula is C21H24FNO2. The summed E-state index contributed by atoms with van der Waals surface area (Å²) in [5.41, 5.74) is 4.15. The van der Waals surface area contributed by atoms with Crippen molar-refractivity contribution in [3.63, 3.8) is 0 Å². The van der Waals surface area contributed by atoms with Crippen LogP contribution in [-0.2, 0) is 24.2 Å². The number of carbonyl (C=O) groups is 1. The van der Waals surface area contributed by atoms with Crippen molar-refractivity contribution in [2.45, 2.75) is 45.1 Å². The molecule has 0 spiro atoms. The van der Waals surface area contributed by atoms with Crippen molar-refractivity contribution in [2.24, 2.45) is 0 Å². The Labute approximate surface area is 148 Å². The van der Waals surface area contributed by atoms with E-state index >= 15 is 0 Å². The lowest BCUT2D eigenvalue weighted by Gasteiger charge is -2.16.